The maximum absolute atomic E-state index is 12.8. The van der Waals surface area contributed by atoms with Gasteiger partial charge >= 0.3 is 0 Å². The third kappa shape index (κ3) is 2.86. The number of nitrogens with one attached hydrogen (secondary N) is 1. The van der Waals surface area contributed by atoms with Gasteiger partial charge in [0.2, 0.25) is 5.91 Å². The van der Waals surface area contributed by atoms with Gasteiger partial charge in [0.1, 0.15) is 0 Å². The van der Waals surface area contributed by atoms with Gasteiger partial charge in [0, 0.05) is 36.3 Å². The summed E-state index contributed by atoms with van der Waals surface area (Å²) >= 11 is 0. The van der Waals surface area contributed by atoms with Crippen LogP contribution in [-0.4, -0.2) is 35.3 Å². The van der Waals surface area contributed by atoms with Crippen LogP contribution >= 0.6 is 0 Å². The second-order valence-electron chi connectivity index (χ2n) is 6.34. The van der Waals surface area contributed by atoms with Gasteiger partial charge in [0.15, 0.2) is 0 Å². The Morgan fingerprint density at radius 1 is 1.36 bits per heavy atom. The number of hydrogen-bond acceptors (Lipinski definition) is 3. The van der Waals surface area contributed by atoms with Gasteiger partial charge in [-0.15, -0.1) is 0 Å². The number of nitrogens with two attached hydrogens (primary N) is 1. The van der Waals surface area contributed by atoms with Crippen LogP contribution in [0.15, 0.2) is 18.2 Å². The van der Waals surface area contributed by atoms with Crippen molar-refractivity contribution in [2.45, 2.75) is 51.1 Å². The van der Waals surface area contributed by atoms with Crippen LogP contribution in [0.3, 0.4) is 0 Å². The molecule has 0 radical (unpaired) electrons. The zero-order valence-corrected chi connectivity index (χ0v) is 13.0. The summed E-state index contributed by atoms with van der Waals surface area (Å²) in [5, 5.41) is 2.85. The number of piperidine rings is 1. The van der Waals surface area contributed by atoms with Crippen LogP contribution in [-0.2, 0) is 11.2 Å². The molecule has 0 saturated carbocycles. The summed E-state index contributed by atoms with van der Waals surface area (Å²) in [5.41, 5.74) is 8.63. The Labute approximate surface area is 130 Å². The normalized spacial score (nSPS) is 22.7. The van der Waals surface area contributed by atoms with Crippen molar-refractivity contribution in [2.24, 2.45) is 5.73 Å². The number of amides is 2. The highest BCUT2D eigenvalue weighted by Crippen LogP contribution is 2.26. The van der Waals surface area contributed by atoms with Crippen molar-refractivity contribution in [3.8, 4) is 0 Å². The third-order valence-electron chi connectivity index (χ3n) is 4.66. The highest BCUT2D eigenvalue weighted by molar-refractivity contribution is 5.98. The molecule has 5 nitrogen and oxygen atoms in total. The van der Waals surface area contributed by atoms with E-state index in [9.17, 15) is 9.59 Å². The Morgan fingerprint density at radius 2 is 2.18 bits per heavy atom. The van der Waals surface area contributed by atoms with Gasteiger partial charge < -0.3 is 16.0 Å². The molecule has 3 rings (SSSR count). The molecule has 2 aliphatic heterocycles. The van der Waals surface area contributed by atoms with Gasteiger partial charge in [0.25, 0.3) is 5.91 Å². The van der Waals surface area contributed by atoms with E-state index >= 15 is 0 Å². The summed E-state index contributed by atoms with van der Waals surface area (Å²) < 4.78 is 0. The van der Waals surface area contributed by atoms with E-state index < -0.39 is 0 Å². The van der Waals surface area contributed by atoms with Crippen LogP contribution in [0.1, 0.15) is 48.5 Å². The van der Waals surface area contributed by atoms with E-state index in [1.807, 2.05) is 24.0 Å². The maximum atomic E-state index is 12.8. The Morgan fingerprint density at radius 3 is 2.95 bits per heavy atom. The zero-order chi connectivity index (χ0) is 15.7. The number of rotatable bonds is 2. The third-order valence-corrected chi connectivity index (χ3v) is 4.66. The van der Waals surface area contributed by atoms with Crippen LogP contribution in [0, 0.1) is 0 Å². The maximum Gasteiger partial charge on any atom is 0.254 e. The van der Waals surface area contributed by atoms with Crippen LogP contribution in [0.2, 0.25) is 0 Å². The molecule has 0 unspecified atom stereocenters. The fourth-order valence-corrected chi connectivity index (χ4v) is 3.44. The lowest BCUT2D eigenvalue weighted by Gasteiger charge is -2.38. The van der Waals surface area contributed by atoms with E-state index in [4.69, 9.17) is 5.73 Å². The molecule has 118 valence electrons. The van der Waals surface area contributed by atoms with Crippen molar-refractivity contribution in [2.75, 3.05) is 11.9 Å². The molecule has 1 saturated heterocycles. The minimum absolute atomic E-state index is 0.0128. The van der Waals surface area contributed by atoms with Crippen LogP contribution in [0.5, 0.6) is 0 Å². The number of carbonyl (C=O) groups excluding carboxylic acids is 2. The molecule has 0 aromatic heterocycles. The van der Waals surface area contributed by atoms with Gasteiger partial charge in [-0.1, -0.05) is 0 Å². The van der Waals surface area contributed by atoms with Gasteiger partial charge in [-0.25, -0.2) is 0 Å². The highest BCUT2D eigenvalue weighted by Gasteiger charge is 2.30. The quantitative estimate of drug-likeness (QED) is 0.876. The first-order valence-corrected chi connectivity index (χ1v) is 8.05. The largest absolute Gasteiger partial charge is 0.334 e. The summed E-state index contributed by atoms with van der Waals surface area (Å²) in [5.74, 6) is 0.0985. The van der Waals surface area contributed by atoms with E-state index in [1.165, 1.54) is 0 Å². The average Bonchev–Trinajstić information content (AvgIpc) is 2.53. The van der Waals surface area contributed by atoms with Crippen molar-refractivity contribution in [3.05, 3.63) is 29.3 Å². The first-order valence-electron chi connectivity index (χ1n) is 8.05. The van der Waals surface area contributed by atoms with Gasteiger partial charge in [-0.05, 0) is 56.4 Å². The van der Waals surface area contributed by atoms with Gasteiger partial charge in [0.05, 0.1) is 0 Å². The molecule has 1 aromatic carbocycles. The number of anilines is 1. The van der Waals surface area contributed by atoms with Crippen molar-refractivity contribution >= 4 is 17.5 Å². The van der Waals surface area contributed by atoms with Crippen LogP contribution in [0.4, 0.5) is 5.69 Å². The van der Waals surface area contributed by atoms with Crippen molar-refractivity contribution in [3.63, 3.8) is 0 Å². The number of likely N-dealkylation sites (tertiary alicyclic amines) is 1. The molecular weight excluding hydrogens is 278 g/mol. The minimum Gasteiger partial charge on any atom is -0.334 e. The molecule has 5 heteroatoms. The molecule has 2 amide bonds. The molecule has 1 aromatic rings. The first kappa shape index (κ1) is 15.0. The second-order valence-corrected chi connectivity index (χ2v) is 6.34. The van der Waals surface area contributed by atoms with E-state index in [0.29, 0.717) is 18.4 Å². The minimum atomic E-state index is -0.0128. The van der Waals surface area contributed by atoms with Gasteiger partial charge in [-0.2, -0.15) is 0 Å². The molecule has 3 N–H and O–H groups in total. The van der Waals surface area contributed by atoms with E-state index in [1.54, 1.807) is 6.07 Å². The smallest absolute Gasteiger partial charge is 0.254 e. The Bertz CT molecular complexity index is 598. The number of nitrogens with zero attached hydrogens (tertiary/aromatic N) is 1. The van der Waals surface area contributed by atoms with Crippen molar-refractivity contribution in [1.29, 1.82) is 0 Å². The molecule has 2 heterocycles. The molecule has 1 fully saturated rings. The van der Waals surface area contributed by atoms with Gasteiger partial charge in [-0.3, -0.25) is 9.59 Å². The van der Waals surface area contributed by atoms with Crippen LogP contribution < -0.4 is 11.1 Å². The molecule has 2 atom stereocenters. The molecule has 0 bridgehead atoms. The fraction of sp³-hybridized carbons (Fsp3) is 0.529. The Hall–Kier alpha value is -1.88. The fourth-order valence-electron chi connectivity index (χ4n) is 3.44. The number of carbonyl (C=O) groups is 2. The number of hydrogen-bond donors (Lipinski definition) is 2. The van der Waals surface area contributed by atoms with E-state index in [0.717, 1.165) is 37.1 Å². The zero-order valence-electron chi connectivity index (χ0n) is 13.0. The standard InChI is InChI=1S/C17H23N3O2/c1-11(18)15-4-2-3-9-20(15)17(22)13-5-7-14-12(10-13)6-8-16(21)19-14/h5,7,10-11,15H,2-4,6,8-9,18H2,1H3,(H,19,21)/t11-,15+/m0/s1. The number of benzene rings is 1. The topological polar surface area (TPSA) is 75.4 Å². The monoisotopic (exact) mass is 301 g/mol. The van der Waals surface area contributed by atoms with Crippen molar-refractivity contribution < 1.29 is 9.59 Å². The average molecular weight is 301 g/mol. The Balaban J connectivity index is 1.84. The van der Waals surface area contributed by atoms with E-state index in [2.05, 4.69) is 5.32 Å². The Kier molecular flexibility index (Phi) is 4.16. The molecule has 2 aliphatic rings. The first-order chi connectivity index (χ1) is 10.6. The highest BCUT2D eigenvalue weighted by atomic mass is 16.2. The molecule has 0 aliphatic carbocycles. The van der Waals surface area contributed by atoms with Crippen LogP contribution in [0.25, 0.3) is 0 Å². The summed E-state index contributed by atoms with van der Waals surface area (Å²) in [7, 11) is 0. The predicted molar refractivity (Wildman–Crippen MR) is 85.7 cm³/mol. The lowest BCUT2D eigenvalue weighted by Crippen LogP contribution is -2.51. The van der Waals surface area contributed by atoms with E-state index in [-0.39, 0.29) is 23.9 Å². The lowest BCUT2D eigenvalue weighted by molar-refractivity contribution is -0.116. The molecule has 22 heavy (non-hydrogen) atoms. The summed E-state index contributed by atoms with van der Waals surface area (Å²) in [6, 6.07) is 5.67. The summed E-state index contributed by atoms with van der Waals surface area (Å²) in [6.45, 7) is 2.75. The lowest BCUT2D eigenvalue weighted by atomic mass is 9.95. The molecule has 0 spiro atoms. The molecular formula is C17H23N3O2. The second kappa shape index (κ2) is 6.08. The summed E-state index contributed by atoms with van der Waals surface area (Å²) in [4.78, 5) is 26.2. The number of aryl methyl sites for hydroxylation is 1. The SMILES string of the molecule is C[C@H](N)[C@H]1CCCCN1C(=O)c1ccc2c(c1)CCC(=O)N2. The predicted octanol–water partition coefficient (Wildman–Crippen LogP) is 1.91. The summed E-state index contributed by atoms with van der Waals surface area (Å²) in [6.07, 6.45) is 4.32. The number of fused-ring (bicyclic) bond motifs is 1. The van der Waals surface area contributed by atoms with Crippen molar-refractivity contribution in [1.82, 2.24) is 4.90 Å².